The summed E-state index contributed by atoms with van der Waals surface area (Å²) in [4.78, 5) is 0. The third-order valence-corrected chi connectivity index (χ3v) is 2.97. The average Bonchev–Trinajstić information content (AvgIpc) is 2.64. The second-order valence-electron chi connectivity index (χ2n) is 3.84. The molecule has 1 atom stereocenters. The molecule has 0 amide bonds. The lowest BCUT2D eigenvalue weighted by Crippen LogP contribution is -2.18. The third-order valence-electron chi connectivity index (χ3n) is 2.54. The molecule has 1 heterocycles. The van der Waals surface area contributed by atoms with Gasteiger partial charge in [-0.2, -0.15) is 5.10 Å². The lowest BCUT2D eigenvalue weighted by molar-refractivity contribution is 0.642. The molecule has 1 N–H and O–H groups in total. The average molecular weight is 270 g/mol. The van der Waals surface area contributed by atoms with Gasteiger partial charge in [-0.3, -0.25) is 4.68 Å². The lowest BCUT2D eigenvalue weighted by Gasteiger charge is -2.15. The summed E-state index contributed by atoms with van der Waals surface area (Å²) in [6.07, 6.45) is 1.91. The Hall–Kier alpha value is -1.03. The molecule has 0 bridgehead atoms. The predicted octanol–water partition coefficient (Wildman–Crippen LogP) is 3.04. The van der Waals surface area contributed by atoms with Crippen LogP contribution >= 0.6 is 23.2 Å². The summed E-state index contributed by atoms with van der Waals surface area (Å²) in [5.41, 5.74) is 1.94. The van der Waals surface area contributed by atoms with Gasteiger partial charge in [0.15, 0.2) is 0 Å². The molecule has 0 aliphatic rings. The zero-order valence-corrected chi connectivity index (χ0v) is 11.1. The molecule has 1 aromatic carbocycles. The first-order valence-electron chi connectivity index (χ1n) is 5.23. The number of aryl methyl sites for hydroxylation is 1. The molecule has 1 unspecified atom stereocenters. The van der Waals surface area contributed by atoms with E-state index in [0.29, 0.717) is 10.0 Å². The quantitative estimate of drug-likeness (QED) is 0.929. The highest BCUT2D eigenvalue weighted by Crippen LogP contribution is 2.26. The highest BCUT2D eigenvalue weighted by atomic mass is 35.5. The van der Waals surface area contributed by atoms with Crippen LogP contribution < -0.4 is 5.32 Å². The summed E-state index contributed by atoms with van der Waals surface area (Å²) < 4.78 is 1.77. The summed E-state index contributed by atoms with van der Waals surface area (Å²) in [7, 11) is 3.77. The maximum absolute atomic E-state index is 6.01. The number of nitrogens with one attached hydrogen (secondary N) is 1. The lowest BCUT2D eigenvalue weighted by atomic mass is 10.0. The van der Waals surface area contributed by atoms with E-state index in [1.807, 2.05) is 38.5 Å². The summed E-state index contributed by atoms with van der Waals surface area (Å²) >= 11 is 12.0. The minimum Gasteiger partial charge on any atom is -0.308 e. The first-order chi connectivity index (χ1) is 8.10. The summed E-state index contributed by atoms with van der Waals surface area (Å²) in [5.74, 6) is 0. The van der Waals surface area contributed by atoms with Crippen molar-refractivity contribution >= 4 is 23.2 Å². The summed E-state index contributed by atoms with van der Waals surface area (Å²) in [6.45, 7) is 0. The molecule has 0 saturated heterocycles. The van der Waals surface area contributed by atoms with Gasteiger partial charge in [-0.25, -0.2) is 0 Å². The third kappa shape index (κ3) is 2.80. The maximum atomic E-state index is 6.01. The Labute approximate surface area is 110 Å². The Balaban J connectivity index is 2.41. The number of hydrogen-bond acceptors (Lipinski definition) is 2. The van der Waals surface area contributed by atoms with Gasteiger partial charge in [0, 0.05) is 23.3 Å². The second-order valence-corrected chi connectivity index (χ2v) is 4.71. The van der Waals surface area contributed by atoms with E-state index in [4.69, 9.17) is 23.2 Å². The van der Waals surface area contributed by atoms with Crippen LogP contribution in [0.25, 0.3) is 0 Å². The van der Waals surface area contributed by atoms with Crippen molar-refractivity contribution in [3.8, 4) is 0 Å². The number of rotatable bonds is 3. The Kier molecular flexibility index (Phi) is 3.72. The second kappa shape index (κ2) is 5.08. The normalized spacial score (nSPS) is 12.7. The molecular formula is C12H13Cl2N3. The number of halogens is 2. The van der Waals surface area contributed by atoms with Gasteiger partial charge in [0.1, 0.15) is 0 Å². The Morgan fingerprint density at radius 2 is 1.88 bits per heavy atom. The van der Waals surface area contributed by atoms with Crippen LogP contribution in [0.15, 0.2) is 30.5 Å². The van der Waals surface area contributed by atoms with Gasteiger partial charge < -0.3 is 5.32 Å². The Morgan fingerprint density at radius 3 is 2.35 bits per heavy atom. The van der Waals surface area contributed by atoms with E-state index >= 15 is 0 Å². The number of benzene rings is 1. The van der Waals surface area contributed by atoms with Gasteiger partial charge in [-0.1, -0.05) is 23.2 Å². The highest BCUT2D eigenvalue weighted by Gasteiger charge is 2.15. The first kappa shape index (κ1) is 12.4. The van der Waals surface area contributed by atoms with Crippen LogP contribution in [0, 0.1) is 0 Å². The Morgan fingerprint density at radius 1 is 1.24 bits per heavy atom. The molecule has 0 aliphatic heterocycles. The molecular weight excluding hydrogens is 257 g/mol. The van der Waals surface area contributed by atoms with E-state index in [1.165, 1.54) is 0 Å². The van der Waals surface area contributed by atoms with Crippen LogP contribution in [0.5, 0.6) is 0 Å². The van der Waals surface area contributed by atoms with Gasteiger partial charge in [0.25, 0.3) is 0 Å². The van der Waals surface area contributed by atoms with Gasteiger partial charge in [-0.15, -0.1) is 0 Å². The highest BCUT2D eigenvalue weighted by molar-refractivity contribution is 6.34. The molecule has 5 heteroatoms. The zero-order chi connectivity index (χ0) is 12.4. The monoisotopic (exact) mass is 269 g/mol. The molecule has 2 rings (SSSR count). The van der Waals surface area contributed by atoms with Crippen molar-refractivity contribution in [2.24, 2.45) is 7.05 Å². The van der Waals surface area contributed by atoms with Crippen molar-refractivity contribution in [3.05, 3.63) is 51.8 Å². The predicted molar refractivity (Wildman–Crippen MR) is 70.6 cm³/mol. The molecule has 0 spiro atoms. The molecule has 90 valence electrons. The van der Waals surface area contributed by atoms with E-state index in [1.54, 1.807) is 10.7 Å². The van der Waals surface area contributed by atoms with Crippen LogP contribution in [-0.2, 0) is 7.05 Å². The SMILES string of the molecule is CNC(c1cc(Cl)cc(Cl)c1)c1ccn(C)n1. The molecule has 17 heavy (non-hydrogen) atoms. The van der Waals surface area contributed by atoms with Crippen LogP contribution in [0.4, 0.5) is 0 Å². The van der Waals surface area contributed by atoms with Crippen LogP contribution in [0.1, 0.15) is 17.3 Å². The fraction of sp³-hybridized carbons (Fsp3) is 0.250. The standard InChI is InChI=1S/C12H13Cl2N3/c1-15-12(11-3-4-17(2)16-11)8-5-9(13)7-10(14)6-8/h3-7,12,15H,1-2H3. The first-order valence-corrected chi connectivity index (χ1v) is 5.98. The molecule has 0 fully saturated rings. The minimum atomic E-state index is -0.00704. The van der Waals surface area contributed by atoms with E-state index in [0.717, 1.165) is 11.3 Å². The van der Waals surface area contributed by atoms with Gasteiger partial charge in [0.05, 0.1) is 11.7 Å². The van der Waals surface area contributed by atoms with E-state index in [9.17, 15) is 0 Å². The maximum Gasteiger partial charge on any atom is 0.0839 e. The van der Waals surface area contributed by atoms with Crippen molar-refractivity contribution in [1.82, 2.24) is 15.1 Å². The number of nitrogens with zero attached hydrogens (tertiary/aromatic N) is 2. The summed E-state index contributed by atoms with van der Waals surface area (Å²) in [6, 6.07) is 7.47. The summed E-state index contributed by atoms with van der Waals surface area (Å²) in [5, 5.41) is 8.85. The van der Waals surface area contributed by atoms with E-state index in [2.05, 4.69) is 10.4 Å². The van der Waals surface area contributed by atoms with Crippen LogP contribution in [-0.4, -0.2) is 16.8 Å². The number of aromatic nitrogens is 2. The molecule has 3 nitrogen and oxygen atoms in total. The van der Waals surface area contributed by atoms with Crippen molar-refractivity contribution in [2.75, 3.05) is 7.05 Å². The van der Waals surface area contributed by atoms with Gasteiger partial charge >= 0.3 is 0 Å². The largest absolute Gasteiger partial charge is 0.308 e. The van der Waals surface area contributed by atoms with Crippen molar-refractivity contribution in [1.29, 1.82) is 0 Å². The Bertz CT molecular complexity index is 502. The fourth-order valence-electron chi connectivity index (χ4n) is 1.81. The zero-order valence-electron chi connectivity index (χ0n) is 9.61. The smallest absolute Gasteiger partial charge is 0.0839 e. The number of hydrogen-bond donors (Lipinski definition) is 1. The minimum absolute atomic E-state index is 0.00704. The molecule has 0 saturated carbocycles. The van der Waals surface area contributed by atoms with E-state index < -0.39 is 0 Å². The molecule has 2 aromatic rings. The molecule has 0 radical (unpaired) electrons. The van der Waals surface area contributed by atoms with Crippen molar-refractivity contribution in [2.45, 2.75) is 6.04 Å². The van der Waals surface area contributed by atoms with E-state index in [-0.39, 0.29) is 6.04 Å². The van der Waals surface area contributed by atoms with Gasteiger partial charge in [-0.05, 0) is 36.9 Å². The van der Waals surface area contributed by atoms with Crippen molar-refractivity contribution < 1.29 is 0 Å². The van der Waals surface area contributed by atoms with Crippen LogP contribution in [0.2, 0.25) is 10.0 Å². The molecule has 1 aromatic heterocycles. The van der Waals surface area contributed by atoms with Gasteiger partial charge in [0.2, 0.25) is 0 Å². The fourth-order valence-corrected chi connectivity index (χ4v) is 2.36. The van der Waals surface area contributed by atoms with Crippen molar-refractivity contribution in [3.63, 3.8) is 0 Å². The topological polar surface area (TPSA) is 29.9 Å². The molecule has 0 aliphatic carbocycles. The van der Waals surface area contributed by atoms with Crippen LogP contribution in [0.3, 0.4) is 0 Å².